The number of amides is 1. The molecule has 1 N–H and O–H groups in total. The molecule has 2 aliphatic heterocycles. The number of carbonyl (C=O) groups excluding carboxylic acids is 1. The standard InChI is InChI=1S/C9H16N2O2.C2H6/c1-7(2)11-5-9(6-11)4-10-8(12)3-13-9;1-2/h7H,3-6H2,1-2H3,(H,10,12);1-2H3. The topological polar surface area (TPSA) is 41.6 Å². The molecular weight excluding hydrogens is 192 g/mol. The van der Waals surface area contributed by atoms with Crippen LogP contribution in [0.2, 0.25) is 0 Å². The number of hydrogen-bond donors (Lipinski definition) is 1. The highest BCUT2D eigenvalue weighted by molar-refractivity contribution is 5.78. The molecule has 2 saturated heterocycles. The van der Waals surface area contributed by atoms with Crippen molar-refractivity contribution in [2.75, 3.05) is 26.2 Å². The lowest BCUT2D eigenvalue weighted by molar-refractivity contribution is -0.177. The fourth-order valence-corrected chi connectivity index (χ4v) is 1.84. The summed E-state index contributed by atoms with van der Waals surface area (Å²) in [5.74, 6) is 0.00798. The Bertz CT molecular complexity index is 211. The second-order valence-corrected chi connectivity index (χ2v) is 4.25. The van der Waals surface area contributed by atoms with E-state index in [9.17, 15) is 4.79 Å². The van der Waals surface area contributed by atoms with Gasteiger partial charge in [-0.05, 0) is 13.8 Å². The van der Waals surface area contributed by atoms with Crippen LogP contribution in [0.15, 0.2) is 0 Å². The number of nitrogens with one attached hydrogen (secondary N) is 1. The molecule has 2 heterocycles. The second kappa shape index (κ2) is 4.94. The van der Waals surface area contributed by atoms with Crippen molar-refractivity contribution in [3.63, 3.8) is 0 Å². The van der Waals surface area contributed by atoms with Crippen LogP contribution < -0.4 is 5.32 Å². The van der Waals surface area contributed by atoms with Crippen LogP contribution in [-0.2, 0) is 9.53 Å². The molecule has 0 atom stereocenters. The zero-order valence-electron chi connectivity index (χ0n) is 10.2. The minimum absolute atomic E-state index is 0.00798. The van der Waals surface area contributed by atoms with Crippen molar-refractivity contribution in [3.8, 4) is 0 Å². The molecule has 0 aromatic rings. The number of hydrogen-bond acceptors (Lipinski definition) is 3. The highest BCUT2D eigenvalue weighted by atomic mass is 16.5. The number of ether oxygens (including phenoxy) is 1. The first kappa shape index (κ1) is 12.5. The van der Waals surface area contributed by atoms with E-state index in [4.69, 9.17) is 4.74 Å². The zero-order chi connectivity index (χ0) is 11.5. The van der Waals surface area contributed by atoms with Gasteiger partial charge < -0.3 is 10.1 Å². The summed E-state index contributed by atoms with van der Waals surface area (Å²) in [5.41, 5.74) is -0.0713. The van der Waals surface area contributed by atoms with Crippen LogP contribution in [-0.4, -0.2) is 48.7 Å². The summed E-state index contributed by atoms with van der Waals surface area (Å²) < 4.78 is 5.54. The first-order valence-electron chi connectivity index (χ1n) is 5.76. The van der Waals surface area contributed by atoms with Crippen LogP contribution >= 0.6 is 0 Å². The third kappa shape index (κ3) is 2.69. The molecule has 0 aromatic carbocycles. The Hall–Kier alpha value is -0.610. The van der Waals surface area contributed by atoms with E-state index in [2.05, 4.69) is 24.1 Å². The van der Waals surface area contributed by atoms with Crippen molar-refractivity contribution in [3.05, 3.63) is 0 Å². The minimum Gasteiger partial charge on any atom is -0.361 e. The van der Waals surface area contributed by atoms with Crippen molar-refractivity contribution in [1.82, 2.24) is 10.2 Å². The molecule has 0 aliphatic carbocycles. The summed E-state index contributed by atoms with van der Waals surface area (Å²) in [4.78, 5) is 13.2. The molecule has 0 radical (unpaired) electrons. The van der Waals surface area contributed by atoms with Crippen molar-refractivity contribution >= 4 is 5.91 Å². The molecule has 0 unspecified atom stereocenters. The average molecular weight is 214 g/mol. The monoisotopic (exact) mass is 214 g/mol. The van der Waals surface area contributed by atoms with E-state index in [0.717, 1.165) is 13.1 Å². The fraction of sp³-hybridized carbons (Fsp3) is 0.909. The lowest BCUT2D eigenvalue weighted by atomic mass is 9.91. The summed E-state index contributed by atoms with van der Waals surface area (Å²) in [7, 11) is 0. The van der Waals surface area contributed by atoms with Gasteiger partial charge in [-0.15, -0.1) is 0 Å². The molecule has 0 bridgehead atoms. The third-order valence-electron chi connectivity index (χ3n) is 2.83. The van der Waals surface area contributed by atoms with Crippen LogP contribution in [0, 0.1) is 0 Å². The molecule has 4 nitrogen and oxygen atoms in total. The third-order valence-corrected chi connectivity index (χ3v) is 2.83. The van der Waals surface area contributed by atoms with Crippen molar-refractivity contribution in [2.24, 2.45) is 0 Å². The van der Waals surface area contributed by atoms with E-state index in [1.54, 1.807) is 0 Å². The summed E-state index contributed by atoms with van der Waals surface area (Å²) >= 11 is 0. The zero-order valence-corrected chi connectivity index (χ0v) is 10.2. The minimum atomic E-state index is -0.0713. The Labute approximate surface area is 92.0 Å². The van der Waals surface area contributed by atoms with Crippen LogP contribution in [0.3, 0.4) is 0 Å². The molecule has 0 saturated carbocycles. The fourth-order valence-electron chi connectivity index (χ4n) is 1.84. The average Bonchev–Trinajstić information content (AvgIpc) is 2.19. The summed E-state index contributed by atoms with van der Waals surface area (Å²) in [6.45, 7) is 11.2. The van der Waals surface area contributed by atoms with Gasteiger partial charge in [0.2, 0.25) is 5.91 Å². The van der Waals surface area contributed by atoms with Gasteiger partial charge in [0, 0.05) is 25.7 Å². The number of morpholine rings is 1. The van der Waals surface area contributed by atoms with Gasteiger partial charge in [0.05, 0.1) is 0 Å². The van der Waals surface area contributed by atoms with Crippen molar-refractivity contribution in [1.29, 1.82) is 0 Å². The Morgan fingerprint density at radius 3 is 2.40 bits per heavy atom. The normalized spacial score (nSPS) is 24.2. The maximum absolute atomic E-state index is 10.9. The Balaban J connectivity index is 0.000000531. The SMILES string of the molecule is CC.CC(C)N1CC2(CNC(=O)CO2)C1. The van der Waals surface area contributed by atoms with Gasteiger partial charge >= 0.3 is 0 Å². The highest BCUT2D eigenvalue weighted by Crippen LogP contribution is 2.27. The van der Waals surface area contributed by atoms with Gasteiger partial charge in [-0.25, -0.2) is 0 Å². The maximum atomic E-state index is 10.9. The number of likely N-dealkylation sites (tertiary alicyclic amines) is 1. The first-order chi connectivity index (χ1) is 7.11. The summed E-state index contributed by atoms with van der Waals surface area (Å²) in [6.07, 6.45) is 0. The molecule has 0 aromatic heterocycles. The molecule has 2 rings (SSSR count). The summed E-state index contributed by atoms with van der Waals surface area (Å²) in [6, 6.07) is 0.576. The predicted octanol–water partition coefficient (Wildman–Crippen LogP) is 0.622. The number of nitrogens with zero attached hydrogens (tertiary/aromatic N) is 1. The number of carbonyl (C=O) groups is 1. The smallest absolute Gasteiger partial charge is 0.246 e. The van der Waals surface area contributed by atoms with E-state index < -0.39 is 0 Å². The molecule has 88 valence electrons. The van der Waals surface area contributed by atoms with Crippen molar-refractivity contribution in [2.45, 2.75) is 39.3 Å². The molecule has 1 amide bonds. The Morgan fingerprint density at radius 2 is 2.00 bits per heavy atom. The quantitative estimate of drug-likeness (QED) is 0.696. The number of rotatable bonds is 1. The van der Waals surface area contributed by atoms with E-state index in [0.29, 0.717) is 12.6 Å². The summed E-state index contributed by atoms with van der Waals surface area (Å²) in [5, 5.41) is 2.84. The van der Waals surface area contributed by atoms with Gasteiger partial charge in [0.25, 0.3) is 0 Å². The maximum Gasteiger partial charge on any atom is 0.246 e. The van der Waals surface area contributed by atoms with E-state index in [1.807, 2.05) is 13.8 Å². The van der Waals surface area contributed by atoms with E-state index in [1.165, 1.54) is 0 Å². The van der Waals surface area contributed by atoms with Crippen molar-refractivity contribution < 1.29 is 9.53 Å². The van der Waals surface area contributed by atoms with Crippen LogP contribution in [0.25, 0.3) is 0 Å². The van der Waals surface area contributed by atoms with Gasteiger partial charge in [-0.2, -0.15) is 0 Å². The molecule has 4 heteroatoms. The Morgan fingerprint density at radius 1 is 1.40 bits per heavy atom. The van der Waals surface area contributed by atoms with Gasteiger partial charge in [-0.1, -0.05) is 13.8 Å². The second-order valence-electron chi connectivity index (χ2n) is 4.25. The predicted molar refractivity (Wildman–Crippen MR) is 59.7 cm³/mol. The van der Waals surface area contributed by atoms with E-state index in [-0.39, 0.29) is 18.1 Å². The molecule has 1 spiro atoms. The first-order valence-corrected chi connectivity index (χ1v) is 5.76. The van der Waals surface area contributed by atoms with Gasteiger partial charge in [-0.3, -0.25) is 9.69 Å². The largest absolute Gasteiger partial charge is 0.361 e. The van der Waals surface area contributed by atoms with Crippen LogP contribution in [0.1, 0.15) is 27.7 Å². The van der Waals surface area contributed by atoms with Crippen LogP contribution in [0.5, 0.6) is 0 Å². The highest BCUT2D eigenvalue weighted by Gasteiger charge is 2.47. The van der Waals surface area contributed by atoms with Crippen LogP contribution in [0.4, 0.5) is 0 Å². The molecule has 15 heavy (non-hydrogen) atoms. The lowest BCUT2D eigenvalue weighted by Crippen LogP contribution is -2.71. The molecule has 2 fully saturated rings. The van der Waals surface area contributed by atoms with E-state index >= 15 is 0 Å². The van der Waals surface area contributed by atoms with Gasteiger partial charge in [0.15, 0.2) is 0 Å². The molecule has 2 aliphatic rings. The van der Waals surface area contributed by atoms with Gasteiger partial charge in [0.1, 0.15) is 12.2 Å². The molecular formula is C11H22N2O2. The Kier molecular flexibility index (Phi) is 4.11. The lowest BCUT2D eigenvalue weighted by Gasteiger charge is -2.52.